The highest BCUT2D eigenvalue weighted by molar-refractivity contribution is 8.33. The van der Waals surface area contributed by atoms with Gasteiger partial charge < -0.3 is 0 Å². The van der Waals surface area contributed by atoms with Gasteiger partial charge in [-0.2, -0.15) is 10.2 Å². The van der Waals surface area contributed by atoms with E-state index in [1.807, 2.05) is 18.8 Å². The van der Waals surface area contributed by atoms with E-state index >= 15 is 0 Å². The lowest BCUT2D eigenvalue weighted by Crippen LogP contribution is -2.39. The summed E-state index contributed by atoms with van der Waals surface area (Å²) in [5.41, 5.74) is 5.98. The summed E-state index contributed by atoms with van der Waals surface area (Å²) in [4.78, 5) is 2.73. The summed E-state index contributed by atoms with van der Waals surface area (Å²) >= 11 is 0. The molecule has 0 fully saturated rings. The minimum Gasteiger partial charge on any atom is -0.291 e. The summed E-state index contributed by atoms with van der Waals surface area (Å²) in [6, 6.07) is 0. The van der Waals surface area contributed by atoms with Crippen molar-refractivity contribution in [2.24, 2.45) is 5.50 Å². The second kappa shape index (κ2) is 6.10. The molecule has 0 aromatic carbocycles. The second-order valence-electron chi connectivity index (χ2n) is 4.93. The highest BCUT2D eigenvalue weighted by Crippen LogP contribution is 2.65. The molecule has 0 saturated carbocycles. The number of rotatable bonds is 6. The summed E-state index contributed by atoms with van der Waals surface area (Å²) in [5, 5.41) is 0. The van der Waals surface area contributed by atoms with E-state index in [9.17, 15) is 9.13 Å². The van der Waals surface area contributed by atoms with E-state index in [-0.39, 0.29) is 0 Å². The van der Waals surface area contributed by atoms with Crippen LogP contribution in [-0.4, -0.2) is 70.7 Å². The summed E-state index contributed by atoms with van der Waals surface area (Å²) in [7, 11) is 0.414. The quantitative estimate of drug-likeness (QED) is 0.402. The van der Waals surface area contributed by atoms with Gasteiger partial charge in [0.05, 0.1) is 0 Å². The van der Waals surface area contributed by atoms with Crippen molar-refractivity contribution < 1.29 is 9.13 Å². The molecular weight excluding hydrogens is 287 g/mol. The topological polar surface area (TPSA) is 81.9 Å². The average Bonchev–Trinajstić information content (AvgIpc) is 2.24. The second-order valence-corrected chi connectivity index (χ2v) is 14.9. The largest absolute Gasteiger partial charge is 0.291 e. The molecule has 3 N–H and O–H groups in total. The van der Waals surface area contributed by atoms with E-state index < -0.39 is 25.4 Å². The first kappa shape index (κ1) is 18.9. The van der Waals surface area contributed by atoms with Crippen molar-refractivity contribution in [1.82, 2.24) is 17.9 Å². The van der Waals surface area contributed by atoms with Crippen LogP contribution < -0.4 is 10.5 Å². The molecule has 0 aromatic rings. The molecule has 0 aromatic heterocycles. The number of nitrogens with one attached hydrogen (secondary N) is 1. The predicted molar refractivity (Wildman–Crippen MR) is 93.5 cm³/mol. The Morgan fingerprint density at radius 1 is 1.17 bits per heavy atom. The third-order valence-corrected chi connectivity index (χ3v) is 12.2. The van der Waals surface area contributed by atoms with Crippen LogP contribution >= 0.6 is 25.4 Å². The number of hydrogen-bond donors (Lipinski definition) is 2. The first-order valence-corrected chi connectivity index (χ1v) is 11.5. The van der Waals surface area contributed by atoms with Crippen molar-refractivity contribution in [3.63, 3.8) is 0 Å². The highest BCUT2D eigenvalue weighted by atomic mass is 32.3. The maximum Gasteiger partial charge on any atom is 0.275 e. The minimum absolute atomic E-state index is 1.26. The van der Waals surface area contributed by atoms with Crippen molar-refractivity contribution in [3.8, 4) is 0 Å². The Kier molecular flexibility index (Phi) is 6.40. The molecule has 0 amide bonds. The Balaban J connectivity index is 5.51. The molecule has 0 rings (SSSR count). The molecule has 0 spiro atoms. The van der Waals surface area contributed by atoms with Crippen molar-refractivity contribution in [2.45, 2.75) is 0 Å². The lowest BCUT2D eigenvalue weighted by Gasteiger charge is -2.46. The van der Waals surface area contributed by atoms with Crippen LogP contribution in [0.5, 0.6) is 0 Å². The Bertz CT molecular complexity index is 392. The van der Waals surface area contributed by atoms with Crippen molar-refractivity contribution in [3.05, 3.63) is 0 Å². The smallest absolute Gasteiger partial charge is 0.275 e. The van der Waals surface area contributed by atoms with Gasteiger partial charge in [-0.1, -0.05) is 0 Å². The predicted octanol–water partition coefficient (Wildman–Crippen LogP) is -2.91. The lowest BCUT2D eigenvalue weighted by atomic mass is 10.5. The van der Waals surface area contributed by atoms with Gasteiger partial charge in [0.15, 0.2) is 16.0 Å². The fourth-order valence-electron chi connectivity index (χ4n) is 1.31. The van der Waals surface area contributed by atoms with E-state index in [0.717, 1.165) is 0 Å². The maximum atomic E-state index is 12.8. The highest BCUT2D eigenvalue weighted by Gasteiger charge is 2.42. The van der Waals surface area contributed by atoms with Crippen molar-refractivity contribution >= 4 is 57.3 Å². The van der Waals surface area contributed by atoms with E-state index in [1.54, 1.807) is 35.0 Å². The first-order valence-electron chi connectivity index (χ1n) is 5.34. The van der Waals surface area contributed by atoms with Gasteiger partial charge in [0.2, 0.25) is 16.0 Å². The normalized spacial score (nSPS) is 20.9. The molecule has 7 nitrogen and oxygen atoms in total. The fourth-order valence-corrected chi connectivity index (χ4v) is 8.68. The summed E-state index contributed by atoms with van der Waals surface area (Å²) in [6.07, 6.45) is 5.96. The number of hydrogen-bond acceptors (Lipinski definition) is 2. The van der Waals surface area contributed by atoms with Gasteiger partial charge in [-0.25, -0.2) is 8.34 Å². The van der Waals surface area contributed by atoms with Crippen LogP contribution in [0, 0.1) is 0 Å². The molecule has 0 bridgehead atoms. The van der Waals surface area contributed by atoms with Gasteiger partial charge in [-0.05, 0) is 25.8 Å². The van der Waals surface area contributed by atoms with Crippen LogP contribution in [0.1, 0.15) is 0 Å². The van der Waals surface area contributed by atoms with Gasteiger partial charge in [-0.15, -0.1) is 0 Å². The van der Waals surface area contributed by atoms with Crippen molar-refractivity contribution in [2.75, 3.05) is 25.8 Å². The van der Waals surface area contributed by atoms with Crippen LogP contribution in [0.2, 0.25) is 0 Å². The Hall–Kier alpha value is 0.870. The molecule has 18 heavy (non-hydrogen) atoms. The Morgan fingerprint density at radius 2 is 1.56 bits per heavy atom. The van der Waals surface area contributed by atoms with E-state index in [2.05, 4.69) is 5.00 Å². The molecule has 0 aliphatic carbocycles. The van der Waals surface area contributed by atoms with Crippen LogP contribution in [0.3, 0.4) is 0 Å². The molecule has 14 heteroatoms. The van der Waals surface area contributed by atoms with Crippen LogP contribution in [0.15, 0.2) is 0 Å². The van der Waals surface area contributed by atoms with Crippen LogP contribution in [-0.2, 0) is 9.13 Å². The van der Waals surface area contributed by atoms with Crippen molar-refractivity contribution in [1.29, 1.82) is 0 Å². The Morgan fingerprint density at radius 3 is 1.78 bits per heavy atom. The molecule has 104 valence electrons. The molecule has 0 heterocycles. The monoisotopic (exact) mass is 311 g/mol. The van der Waals surface area contributed by atoms with Gasteiger partial charge in [0.1, 0.15) is 0 Å². The van der Waals surface area contributed by atoms with E-state index in [0.29, 0.717) is 0 Å². The van der Waals surface area contributed by atoms with Gasteiger partial charge in [-0.3, -0.25) is 24.2 Å². The molecule has 0 radical (unpaired) electrons. The molecule has 0 aliphatic heterocycles. The zero-order valence-corrected chi connectivity index (χ0v) is 15.1. The third-order valence-electron chi connectivity index (χ3n) is 2.84. The summed E-state index contributed by atoms with van der Waals surface area (Å²) < 4.78 is 29.9. The van der Waals surface area contributed by atoms with Gasteiger partial charge >= 0.3 is 0 Å². The van der Waals surface area contributed by atoms with Crippen LogP contribution in [0.25, 0.3) is 0 Å². The molecular formula is C4H23B4N5O2P2S. The lowest BCUT2D eigenvalue weighted by molar-refractivity contribution is 0.508. The fraction of sp³-hybridized carbons (Fsp3) is 1.00. The maximum absolute atomic E-state index is 12.8. The minimum atomic E-state index is -3.35. The molecule has 0 aliphatic rings. The zero-order chi connectivity index (χ0) is 14.9. The zero-order valence-electron chi connectivity index (χ0n) is 12.5. The average molecular weight is 311 g/mol. The third kappa shape index (κ3) is 3.70. The standard InChI is InChI=1S/C4H23B4N5O2P2S/c1-11(6)17(15,10-5)12(7)16(9,14)13(8)18(2,3)4/h5-8H2,1-4H3,(H2,9,14)(H,10,15). The van der Waals surface area contributed by atoms with E-state index in [4.69, 9.17) is 5.50 Å². The number of nitrogens with zero attached hydrogens (tertiary/aromatic N) is 3. The van der Waals surface area contributed by atoms with E-state index in [1.165, 1.54) is 16.9 Å². The molecule has 0 saturated heterocycles. The molecule has 2 unspecified atom stereocenters. The summed E-state index contributed by atoms with van der Waals surface area (Å²) in [6.45, 7) is 0. The number of nitrogens with two attached hydrogens (primary N) is 1. The summed E-state index contributed by atoms with van der Waals surface area (Å²) in [5.74, 6) is 0. The Labute approximate surface area is 116 Å². The van der Waals surface area contributed by atoms with Gasteiger partial charge in [0, 0.05) is 0 Å². The SMILES string of the molecule is BNP(=O)(N(B)C)N(B)P(N)(=O)N(B)S(C)(C)C. The van der Waals surface area contributed by atoms with Gasteiger partial charge in [0.25, 0.3) is 15.2 Å². The molecule has 2 atom stereocenters. The first-order chi connectivity index (χ1) is 7.81. The van der Waals surface area contributed by atoms with Crippen LogP contribution in [0.4, 0.5) is 0 Å².